The van der Waals surface area contributed by atoms with Crippen molar-refractivity contribution in [3.05, 3.63) is 22.9 Å². The van der Waals surface area contributed by atoms with E-state index in [1.54, 1.807) is 6.08 Å². The Morgan fingerprint density at radius 2 is 2.18 bits per heavy atom. The van der Waals surface area contributed by atoms with Crippen molar-refractivity contribution in [1.82, 2.24) is 5.32 Å². The standard InChI is InChI=1S/C12H18N2O3/c1-4-10-7(2)5-9(11(13)16)12(14-10)17-6-8(3)15/h5,12,14H,4,6H2,1-3H3,(H2,13,16)/t12-/m1/s1. The van der Waals surface area contributed by atoms with Gasteiger partial charge in [0.05, 0.1) is 5.57 Å². The van der Waals surface area contributed by atoms with Crippen LogP contribution in [0.2, 0.25) is 0 Å². The Morgan fingerprint density at radius 3 is 2.65 bits per heavy atom. The molecule has 0 aromatic rings. The minimum absolute atomic E-state index is 0.0433. The van der Waals surface area contributed by atoms with Crippen LogP contribution in [-0.2, 0) is 14.3 Å². The lowest BCUT2D eigenvalue weighted by Gasteiger charge is -2.27. The summed E-state index contributed by atoms with van der Waals surface area (Å²) in [6, 6.07) is 0. The van der Waals surface area contributed by atoms with Gasteiger partial charge in [0.1, 0.15) is 6.61 Å². The highest BCUT2D eigenvalue weighted by atomic mass is 16.5. The smallest absolute Gasteiger partial charge is 0.249 e. The Balaban J connectivity index is 2.88. The van der Waals surface area contributed by atoms with E-state index in [9.17, 15) is 9.59 Å². The van der Waals surface area contributed by atoms with Crippen LogP contribution in [0.25, 0.3) is 0 Å². The fourth-order valence-corrected chi connectivity index (χ4v) is 1.66. The Hall–Kier alpha value is -1.62. The molecule has 0 spiro atoms. The number of ketones is 1. The summed E-state index contributed by atoms with van der Waals surface area (Å²) in [5.74, 6) is -0.638. The summed E-state index contributed by atoms with van der Waals surface area (Å²) < 4.78 is 5.33. The number of amides is 1. The Labute approximate surface area is 101 Å². The van der Waals surface area contributed by atoms with Gasteiger partial charge in [0, 0.05) is 5.70 Å². The average Bonchev–Trinajstić information content (AvgIpc) is 2.26. The van der Waals surface area contributed by atoms with Crippen molar-refractivity contribution in [2.75, 3.05) is 6.61 Å². The maximum atomic E-state index is 11.3. The SMILES string of the molecule is CCC1=C(C)C=C(C(N)=O)[C@@H](OCC(C)=O)N1. The van der Waals surface area contributed by atoms with Crippen molar-refractivity contribution in [3.63, 3.8) is 0 Å². The molecule has 1 heterocycles. The molecule has 1 amide bonds. The number of Topliss-reactive ketones (excluding diaryl/α,β-unsaturated/α-hetero) is 1. The number of carbonyl (C=O) groups is 2. The molecule has 0 fully saturated rings. The summed E-state index contributed by atoms with van der Waals surface area (Å²) in [4.78, 5) is 22.2. The fraction of sp³-hybridized carbons (Fsp3) is 0.500. The zero-order chi connectivity index (χ0) is 13.0. The number of rotatable bonds is 5. The first-order valence-corrected chi connectivity index (χ1v) is 5.54. The van der Waals surface area contributed by atoms with E-state index >= 15 is 0 Å². The van der Waals surface area contributed by atoms with Gasteiger partial charge in [-0.15, -0.1) is 0 Å². The van der Waals surface area contributed by atoms with Crippen LogP contribution in [0.1, 0.15) is 27.2 Å². The molecule has 0 unspecified atom stereocenters. The van der Waals surface area contributed by atoms with Crippen molar-refractivity contribution < 1.29 is 14.3 Å². The zero-order valence-electron chi connectivity index (χ0n) is 10.4. The van der Waals surface area contributed by atoms with Crippen molar-refractivity contribution >= 4 is 11.7 Å². The van der Waals surface area contributed by atoms with E-state index in [-0.39, 0.29) is 12.4 Å². The third kappa shape index (κ3) is 3.42. The molecule has 0 bridgehead atoms. The number of hydrogen-bond donors (Lipinski definition) is 2. The molecule has 1 aliphatic heterocycles. The van der Waals surface area contributed by atoms with Gasteiger partial charge in [0.25, 0.3) is 0 Å². The minimum atomic E-state index is -0.630. The lowest BCUT2D eigenvalue weighted by molar-refractivity contribution is -0.125. The van der Waals surface area contributed by atoms with Crippen LogP contribution in [0, 0.1) is 0 Å². The van der Waals surface area contributed by atoms with Gasteiger partial charge in [-0.05, 0) is 31.9 Å². The number of hydrogen-bond acceptors (Lipinski definition) is 4. The van der Waals surface area contributed by atoms with Crippen LogP contribution in [0.15, 0.2) is 22.9 Å². The normalized spacial score (nSPS) is 19.7. The summed E-state index contributed by atoms with van der Waals surface area (Å²) >= 11 is 0. The molecule has 1 atom stereocenters. The first-order valence-electron chi connectivity index (χ1n) is 5.54. The van der Waals surface area contributed by atoms with Crippen LogP contribution >= 0.6 is 0 Å². The molecular formula is C12H18N2O3. The van der Waals surface area contributed by atoms with E-state index in [1.807, 2.05) is 13.8 Å². The number of nitrogens with one attached hydrogen (secondary N) is 1. The maximum absolute atomic E-state index is 11.3. The zero-order valence-corrected chi connectivity index (χ0v) is 10.4. The minimum Gasteiger partial charge on any atom is -0.366 e. The molecular weight excluding hydrogens is 220 g/mol. The van der Waals surface area contributed by atoms with Crippen LogP contribution in [0.4, 0.5) is 0 Å². The fourth-order valence-electron chi connectivity index (χ4n) is 1.66. The van der Waals surface area contributed by atoms with Crippen molar-refractivity contribution in [2.45, 2.75) is 33.4 Å². The molecule has 0 aromatic heterocycles. The molecule has 5 heteroatoms. The van der Waals surface area contributed by atoms with E-state index in [0.717, 1.165) is 17.7 Å². The van der Waals surface area contributed by atoms with E-state index in [1.165, 1.54) is 6.92 Å². The molecule has 1 aliphatic rings. The van der Waals surface area contributed by atoms with Gasteiger partial charge in [0.15, 0.2) is 12.0 Å². The molecule has 0 saturated carbocycles. The predicted molar refractivity (Wildman–Crippen MR) is 63.8 cm³/mol. The van der Waals surface area contributed by atoms with Crippen LogP contribution < -0.4 is 11.1 Å². The van der Waals surface area contributed by atoms with Gasteiger partial charge < -0.3 is 15.8 Å². The van der Waals surface area contributed by atoms with Crippen LogP contribution in [0.5, 0.6) is 0 Å². The molecule has 0 aromatic carbocycles. The van der Waals surface area contributed by atoms with Crippen LogP contribution in [0.3, 0.4) is 0 Å². The second-order valence-corrected chi connectivity index (χ2v) is 4.02. The van der Waals surface area contributed by atoms with Gasteiger partial charge in [0.2, 0.25) is 5.91 Å². The average molecular weight is 238 g/mol. The topological polar surface area (TPSA) is 81.4 Å². The second kappa shape index (κ2) is 5.63. The lowest BCUT2D eigenvalue weighted by Crippen LogP contribution is -2.41. The molecule has 0 radical (unpaired) electrons. The van der Waals surface area contributed by atoms with E-state index < -0.39 is 12.1 Å². The van der Waals surface area contributed by atoms with E-state index in [2.05, 4.69) is 5.32 Å². The van der Waals surface area contributed by atoms with Gasteiger partial charge in [-0.25, -0.2) is 0 Å². The van der Waals surface area contributed by atoms with E-state index in [4.69, 9.17) is 10.5 Å². The number of nitrogens with two attached hydrogens (primary N) is 1. The molecule has 17 heavy (non-hydrogen) atoms. The highest BCUT2D eigenvalue weighted by Crippen LogP contribution is 2.19. The second-order valence-electron chi connectivity index (χ2n) is 4.02. The number of primary amides is 1. The van der Waals surface area contributed by atoms with Crippen molar-refractivity contribution in [3.8, 4) is 0 Å². The highest BCUT2D eigenvalue weighted by Gasteiger charge is 2.24. The Morgan fingerprint density at radius 1 is 1.53 bits per heavy atom. The number of carbonyl (C=O) groups excluding carboxylic acids is 2. The maximum Gasteiger partial charge on any atom is 0.249 e. The summed E-state index contributed by atoms with van der Waals surface area (Å²) in [6.45, 7) is 5.28. The molecule has 5 nitrogen and oxygen atoms in total. The summed E-state index contributed by atoms with van der Waals surface area (Å²) in [7, 11) is 0. The molecule has 0 saturated heterocycles. The van der Waals surface area contributed by atoms with Crippen LogP contribution in [-0.4, -0.2) is 24.5 Å². The van der Waals surface area contributed by atoms with Gasteiger partial charge in [-0.3, -0.25) is 9.59 Å². The Kier molecular flexibility index (Phi) is 4.45. The van der Waals surface area contributed by atoms with E-state index in [0.29, 0.717) is 5.57 Å². The number of dihydropyridines is 1. The summed E-state index contributed by atoms with van der Waals surface area (Å²) in [5.41, 5.74) is 7.58. The predicted octanol–water partition coefficient (Wildman–Crippen LogP) is 0.617. The van der Waals surface area contributed by atoms with Crippen molar-refractivity contribution in [2.24, 2.45) is 5.73 Å². The number of ether oxygens (including phenoxy) is 1. The first kappa shape index (κ1) is 13.4. The summed E-state index contributed by atoms with van der Waals surface area (Å²) in [6.07, 6.45) is 1.88. The monoisotopic (exact) mass is 238 g/mol. The molecule has 1 rings (SSSR count). The molecule has 0 aliphatic carbocycles. The van der Waals surface area contributed by atoms with Gasteiger partial charge in [-0.2, -0.15) is 0 Å². The van der Waals surface area contributed by atoms with Crippen molar-refractivity contribution in [1.29, 1.82) is 0 Å². The molecule has 3 N–H and O–H groups in total. The number of allylic oxidation sites excluding steroid dienone is 3. The highest BCUT2D eigenvalue weighted by molar-refractivity contribution is 5.94. The van der Waals surface area contributed by atoms with Gasteiger partial charge >= 0.3 is 0 Å². The third-order valence-corrected chi connectivity index (χ3v) is 2.53. The quantitative estimate of drug-likeness (QED) is 0.735. The Bertz CT molecular complexity index is 397. The largest absolute Gasteiger partial charge is 0.366 e. The lowest BCUT2D eigenvalue weighted by atomic mass is 10.0. The molecule has 94 valence electrons. The summed E-state index contributed by atoms with van der Waals surface area (Å²) in [5, 5.41) is 3.08. The first-order chi connectivity index (χ1) is 7.95. The van der Waals surface area contributed by atoms with Gasteiger partial charge in [-0.1, -0.05) is 6.92 Å². The third-order valence-electron chi connectivity index (χ3n) is 2.53.